The number of hydrogen-bond donors (Lipinski definition) is 2. The third kappa shape index (κ3) is 3.39. The first-order valence-electron chi connectivity index (χ1n) is 7.29. The van der Waals surface area contributed by atoms with E-state index in [1.165, 1.54) is 12.8 Å². The molecule has 2 heterocycles. The largest absolute Gasteiger partial charge is 0.480 e. The van der Waals surface area contributed by atoms with Gasteiger partial charge in [0, 0.05) is 25.3 Å². The lowest BCUT2D eigenvalue weighted by Crippen LogP contribution is -2.41. The minimum absolute atomic E-state index is 0.0198. The number of carboxylic acid groups (broad SMARTS) is 1. The Hall–Kier alpha value is -1.95. The number of aromatic nitrogens is 1. The number of pyridine rings is 1. The average Bonchev–Trinajstić information content (AvgIpc) is 3.23. The Kier molecular flexibility index (Phi) is 3.88. The van der Waals surface area contributed by atoms with Gasteiger partial charge in [-0.3, -0.25) is 19.5 Å². The molecule has 1 aromatic rings. The highest BCUT2D eigenvalue weighted by atomic mass is 16.4. The molecule has 1 aromatic heterocycles. The van der Waals surface area contributed by atoms with Gasteiger partial charge in [-0.2, -0.15) is 0 Å². The molecule has 1 amide bonds. The summed E-state index contributed by atoms with van der Waals surface area (Å²) in [6, 6.07) is 5.26. The van der Waals surface area contributed by atoms with Gasteiger partial charge in [0.1, 0.15) is 5.69 Å². The van der Waals surface area contributed by atoms with Crippen LogP contribution in [0.3, 0.4) is 0 Å². The first kappa shape index (κ1) is 14.0. The summed E-state index contributed by atoms with van der Waals surface area (Å²) >= 11 is 0. The van der Waals surface area contributed by atoms with E-state index in [9.17, 15) is 9.59 Å². The van der Waals surface area contributed by atoms with Crippen molar-refractivity contribution in [3.05, 3.63) is 30.1 Å². The van der Waals surface area contributed by atoms with Crippen LogP contribution in [0.25, 0.3) is 0 Å². The Balaban J connectivity index is 1.65. The molecule has 2 atom stereocenters. The van der Waals surface area contributed by atoms with Crippen molar-refractivity contribution in [3.63, 3.8) is 0 Å². The van der Waals surface area contributed by atoms with Crippen LogP contribution in [-0.4, -0.2) is 52.5 Å². The molecule has 21 heavy (non-hydrogen) atoms. The molecule has 1 saturated heterocycles. The first-order chi connectivity index (χ1) is 10.1. The van der Waals surface area contributed by atoms with Crippen molar-refractivity contribution in [2.24, 2.45) is 11.8 Å². The lowest BCUT2D eigenvalue weighted by Gasteiger charge is -2.19. The van der Waals surface area contributed by atoms with Crippen LogP contribution in [0.1, 0.15) is 23.3 Å². The zero-order valence-electron chi connectivity index (χ0n) is 11.7. The van der Waals surface area contributed by atoms with Crippen LogP contribution < -0.4 is 5.32 Å². The number of likely N-dealkylation sites (tertiary alicyclic amines) is 1. The molecule has 112 valence electrons. The second-order valence-corrected chi connectivity index (χ2v) is 5.88. The molecule has 1 aliphatic heterocycles. The van der Waals surface area contributed by atoms with E-state index in [4.69, 9.17) is 5.11 Å². The number of carbonyl (C=O) groups is 2. The van der Waals surface area contributed by atoms with Crippen molar-refractivity contribution in [1.82, 2.24) is 15.2 Å². The van der Waals surface area contributed by atoms with E-state index in [2.05, 4.69) is 10.3 Å². The van der Waals surface area contributed by atoms with Crippen LogP contribution in [0.15, 0.2) is 24.4 Å². The van der Waals surface area contributed by atoms with Gasteiger partial charge in [-0.1, -0.05) is 6.07 Å². The van der Waals surface area contributed by atoms with Crippen LogP contribution in [0.5, 0.6) is 0 Å². The lowest BCUT2D eigenvalue weighted by molar-refractivity contribution is -0.138. The first-order valence-corrected chi connectivity index (χ1v) is 7.29. The van der Waals surface area contributed by atoms with E-state index < -0.39 is 5.97 Å². The van der Waals surface area contributed by atoms with Crippen LogP contribution in [0.4, 0.5) is 0 Å². The standard InChI is InChI=1S/C15H19N3O3/c19-14(20)9-18-7-11(10-4-5-10)13(8-18)17-15(21)12-3-1-2-6-16-12/h1-3,6,10-11,13H,4-5,7-9H2,(H,17,21)(H,19,20)/t11-,13+/m1/s1. The fraction of sp³-hybridized carbons (Fsp3) is 0.533. The van der Waals surface area contributed by atoms with Gasteiger partial charge in [-0.15, -0.1) is 0 Å². The Morgan fingerprint density at radius 1 is 1.33 bits per heavy atom. The van der Waals surface area contributed by atoms with E-state index in [1.807, 2.05) is 4.90 Å². The molecule has 2 fully saturated rings. The Morgan fingerprint density at radius 3 is 2.76 bits per heavy atom. The number of carbonyl (C=O) groups excluding carboxylic acids is 1. The number of rotatable bonds is 5. The second-order valence-electron chi connectivity index (χ2n) is 5.88. The van der Waals surface area contributed by atoms with Gasteiger partial charge in [0.15, 0.2) is 0 Å². The molecular weight excluding hydrogens is 270 g/mol. The quantitative estimate of drug-likeness (QED) is 0.830. The summed E-state index contributed by atoms with van der Waals surface area (Å²) in [5.74, 6) is -0.0143. The molecule has 0 radical (unpaired) electrons. The predicted molar refractivity (Wildman–Crippen MR) is 75.8 cm³/mol. The molecule has 0 spiro atoms. The average molecular weight is 289 g/mol. The molecule has 6 nitrogen and oxygen atoms in total. The highest BCUT2D eigenvalue weighted by Crippen LogP contribution is 2.41. The molecule has 2 N–H and O–H groups in total. The Morgan fingerprint density at radius 2 is 2.14 bits per heavy atom. The van der Waals surface area contributed by atoms with Gasteiger partial charge in [-0.25, -0.2) is 0 Å². The van der Waals surface area contributed by atoms with Gasteiger partial charge < -0.3 is 10.4 Å². The van der Waals surface area contributed by atoms with Crippen molar-refractivity contribution in [2.75, 3.05) is 19.6 Å². The summed E-state index contributed by atoms with van der Waals surface area (Å²) in [7, 11) is 0. The molecule has 3 rings (SSSR count). The molecule has 1 saturated carbocycles. The van der Waals surface area contributed by atoms with Gasteiger partial charge in [-0.05, 0) is 36.8 Å². The molecular formula is C15H19N3O3. The minimum Gasteiger partial charge on any atom is -0.480 e. The topological polar surface area (TPSA) is 82.5 Å². The highest BCUT2D eigenvalue weighted by molar-refractivity contribution is 5.92. The predicted octanol–water partition coefficient (Wildman–Crippen LogP) is 0.606. The molecule has 0 bridgehead atoms. The Bertz CT molecular complexity index is 530. The number of carboxylic acids is 1. The minimum atomic E-state index is -0.818. The van der Waals surface area contributed by atoms with Crippen LogP contribution in [0.2, 0.25) is 0 Å². The number of nitrogens with one attached hydrogen (secondary N) is 1. The SMILES string of the molecule is O=C(O)CN1C[C@H](NC(=O)c2ccccn2)[C@@H](C2CC2)C1. The van der Waals surface area contributed by atoms with Gasteiger partial charge in [0.05, 0.1) is 6.54 Å². The fourth-order valence-corrected chi connectivity index (χ4v) is 3.13. The molecule has 0 unspecified atom stereocenters. The third-order valence-electron chi connectivity index (χ3n) is 4.24. The zero-order valence-corrected chi connectivity index (χ0v) is 11.7. The van der Waals surface area contributed by atoms with Crippen LogP contribution in [-0.2, 0) is 4.79 Å². The van der Waals surface area contributed by atoms with E-state index in [0.717, 1.165) is 6.54 Å². The van der Waals surface area contributed by atoms with E-state index >= 15 is 0 Å². The third-order valence-corrected chi connectivity index (χ3v) is 4.24. The van der Waals surface area contributed by atoms with Crippen molar-refractivity contribution in [3.8, 4) is 0 Å². The number of aliphatic carboxylic acids is 1. The molecule has 0 aromatic carbocycles. The monoisotopic (exact) mass is 289 g/mol. The molecule has 1 aliphatic carbocycles. The normalized spacial score (nSPS) is 25.7. The zero-order chi connectivity index (χ0) is 14.8. The summed E-state index contributed by atoms with van der Waals surface area (Å²) in [4.78, 5) is 29.0. The smallest absolute Gasteiger partial charge is 0.317 e. The lowest BCUT2D eigenvalue weighted by atomic mass is 9.98. The van der Waals surface area contributed by atoms with E-state index in [-0.39, 0.29) is 18.5 Å². The summed E-state index contributed by atoms with van der Waals surface area (Å²) in [5.41, 5.74) is 0.406. The van der Waals surface area contributed by atoms with E-state index in [1.54, 1.807) is 24.4 Å². The van der Waals surface area contributed by atoms with Crippen LogP contribution in [0, 0.1) is 11.8 Å². The second kappa shape index (κ2) is 5.81. The highest BCUT2D eigenvalue weighted by Gasteiger charge is 2.43. The Labute approximate surface area is 123 Å². The molecule has 2 aliphatic rings. The van der Waals surface area contributed by atoms with Crippen molar-refractivity contribution in [2.45, 2.75) is 18.9 Å². The summed E-state index contributed by atoms with van der Waals surface area (Å²) in [6.07, 6.45) is 3.96. The maximum atomic E-state index is 12.2. The maximum absolute atomic E-state index is 12.2. The maximum Gasteiger partial charge on any atom is 0.317 e. The molecule has 6 heteroatoms. The van der Waals surface area contributed by atoms with Crippen molar-refractivity contribution in [1.29, 1.82) is 0 Å². The van der Waals surface area contributed by atoms with Gasteiger partial charge >= 0.3 is 5.97 Å². The van der Waals surface area contributed by atoms with Crippen molar-refractivity contribution >= 4 is 11.9 Å². The van der Waals surface area contributed by atoms with Gasteiger partial charge in [0.25, 0.3) is 5.91 Å². The van der Waals surface area contributed by atoms with Gasteiger partial charge in [0.2, 0.25) is 0 Å². The fourth-order valence-electron chi connectivity index (χ4n) is 3.13. The number of amides is 1. The summed E-state index contributed by atoms with van der Waals surface area (Å²) in [6.45, 7) is 1.40. The summed E-state index contributed by atoms with van der Waals surface area (Å²) < 4.78 is 0. The van der Waals surface area contributed by atoms with Crippen molar-refractivity contribution < 1.29 is 14.7 Å². The number of hydrogen-bond acceptors (Lipinski definition) is 4. The summed E-state index contributed by atoms with van der Waals surface area (Å²) in [5, 5.41) is 12.0. The van der Waals surface area contributed by atoms with E-state index in [0.29, 0.717) is 24.1 Å². The number of nitrogens with zero attached hydrogens (tertiary/aromatic N) is 2. The van der Waals surface area contributed by atoms with Crippen LogP contribution >= 0.6 is 0 Å².